The number of carbonyl (C=O) groups excluding carboxylic acids is 1. The second-order valence-electron chi connectivity index (χ2n) is 7.21. The maximum atomic E-state index is 12.8. The smallest absolute Gasteiger partial charge is 0.255 e. The summed E-state index contributed by atoms with van der Waals surface area (Å²) in [6.07, 6.45) is 3.17. The molecular weight excluding hydrogens is 418 g/mol. The summed E-state index contributed by atoms with van der Waals surface area (Å²) in [5.41, 5.74) is 2.65. The van der Waals surface area contributed by atoms with E-state index >= 15 is 0 Å². The fourth-order valence-corrected chi connectivity index (χ4v) is 3.67. The fraction of sp³-hybridized carbons (Fsp3) is 0.273. The van der Waals surface area contributed by atoms with Crippen molar-refractivity contribution in [1.29, 1.82) is 0 Å². The third-order valence-corrected chi connectivity index (χ3v) is 5.31. The molecule has 1 aliphatic rings. The number of nitrogens with one attached hydrogen (secondary N) is 2. The summed E-state index contributed by atoms with van der Waals surface area (Å²) in [6.45, 7) is 4.42. The Labute approximate surface area is 184 Å². The van der Waals surface area contributed by atoms with Crippen molar-refractivity contribution in [2.24, 2.45) is 0 Å². The van der Waals surface area contributed by atoms with Gasteiger partial charge in [0, 0.05) is 47.3 Å². The quantitative estimate of drug-likeness (QED) is 0.634. The molecule has 0 aliphatic carbocycles. The molecule has 1 fully saturated rings. The van der Waals surface area contributed by atoms with E-state index < -0.39 is 0 Å². The summed E-state index contributed by atoms with van der Waals surface area (Å²) in [5.74, 6) is 0.102. The summed E-state index contributed by atoms with van der Waals surface area (Å²) in [4.78, 5) is 38.8. The Bertz CT molecular complexity index is 1140. The number of aromatic nitrogens is 3. The molecule has 160 valence electrons. The molecule has 8 nitrogen and oxygen atoms in total. The standard InChI is InChI=1S/C22H22ClN5O3/c1-14-17(22(30)27-21(25-14)15-3-2-6-24-13-15)12-20(29)26-18-11-16(23)4-5-19(18)28-7-9-31-10-8-28/h2-6,11,13H,7-10,12H2,1H3,(H,26,29)(H,25,27,30). The van der Waals surface area contributed by atoms with Crippen LogP contribution in [0.3, 0.4) is 0 Å². The molecule has 0 spiro atoms. The number of aromatic amines is 1. The Hall–Kier alpha value is -3.23. The number of pyridine rings is 1. The van der Waals surface area contributed by atoms with Crippen LogP contribution < -0.4 is 15.8 Å². The zero-order valence-electron chi connectivity index (χ0n) is 17.0. The molecule has 0 radical (unpaired) electrons. The molecule has 0 atom stereocenters. The first kappa shape index (κ1) is 21.0. The maximum Gasteiger partial charge on any atom is 0.255 e. The first-order valence-electron chi connectivity index (χ1n) is 9.93. The summed E-state index contributed by atoms with van der Waals surface area (Å²) in [6, 6.07) is 8.96. The van der Waals surface area contributed by atoms with E-state index in [9.17, 15) is 9.59 Å². The van der Waals surface area contributed by atoms with Crippen molar-refractivity contribution < 1.29 is 9.53 Å². The van der Waals surface area contributed by atoms with Crippen LogP contribution in [0.15, 0.2) is 47.5 Å². The highest BCUT2D eigenvalue weighted by Gasteiger charge is 2.18. The number of amides is 1. The van der Waals surface area contributed by atoms with Crippen LogP contribution >= 0.6 is 11.6 Å². The van der Waals surface area contributed by atoms with Crippen LogP contribution in [0.2, 0.25) is 5.02 Å². The number of hydrogen-bond donors (Lipinski definition) is 2. The lowest BCUT2D eigenvalue weighted by Crippen LogP contribution is -2.36. The van der Waals surface area contributed by atoms with E-state index in [2.05, 4.69) is 25.2 Å². The number of aryl methyl sites for hydroxylation is 1. The topological polar surface area (TPSA) is 100 Å². The molecule has 1 amide bonds. The van der Waals surface area contributed by atoms with Gasteiger partial charge in [-0.25, -0.2) is 4.98 Å². The zero-order chi connectivity index (χ0) is 21.8. The number of halogens is 1. The molecule has 0 bridgehead atoms. The summed E-state index contributed by atoms with van der Waals surface area (Å²) < 4.78 is 5.41. The largest absolute Gasteiger partial charge is 0.378 e. The maximum absolute atomic E-state index is 12.8. The van der Waals surface area contributed by atoms with Gasteiger partial charge in [0.25, 0.3) is 5.56 Å². The van der Waals surface area contributed by atoms with Gasteiger partial charge in [-0.1, -0.05) is 11.6 Å². The Morgan fingerprint density at radius 2 is 2.10 bits per heavy atom. The minimum Gasteiger partial charge on any atom is -0.378 e. The lowest BCUT2D eigenvalue weighted by molar-refractivity contribution is -0.115. The molecule has 31 heavy (non-hydrogen) atoms. The number of H-pyrrole nitrogens is 1. The molecule has 2 aromatic heterocycles. The highest BCUT2D eigenvalue weighted by Crippen LogP contribution is 2.30. The lowest BCUT2D eigenvalue weighted by atomic mass is 10.1. The lowest BCUT2D eigenvalue weighted by Gasteiger charge is -2.30. The molecule has 3 heterocycles. The molecule has 1 aromatic carbocycles. The second-order valence-corrected chi connectivity index (χ2v) is 7.64. The van der Waals surface area contributed by atoms with Crippen molar-refractivity contribution in [3.8, 4) is 11.4 Å². The van der Waals surface area contributed by atoms with E-state index in [1.807, 2.05) is 12.1 Å². The van der Waals surface area contributed by atoms with Crippen molar-refractivity contribution in [1.82, 2.24) is 15.0 Å². The van der Waals surface area contributed by atoms with Gasteiger partial charge >= 0.3 is 0 Å². The molecule has 4 rings (SSSR count). The third kappa shape index (κ3) is 4.92. The number of carbonyl (C=O) groups is 1. The summed E-state index contributed by atoms with van der Waals surface area (Å²) >= 11 is 6.16. The first-order valence-corrected chi connectivity index (χ1v) is 10.3. The Morgan fingerprint density at radius 3 is 2.81 bits per heavy atom. The fourth-order valence-electron chi connectivity index (χ4n) is 3.50. The van der Waals surface area contributed by atoms with E-state index in [0.29, 0.717) is 46.6 Å². The van der Waals surface area contributed by atoms with Crippen molar-refractivity contribution in [3.05, 3.63) is 69.4 Å². The van der Waals surface area contributed by atoms with Gasteiger partial charge < -0.3 is 19.9 Å². The minimum absolute atomic E-state index is 0.101. The Kier molecular flexibility index (Phi) is 6.29. The van der Waals surface area contributed by atoms with Crippen LogP contribution in [0, 0.1) is 6.92 Å². The Morgan fingerprint density at radius 1 is 1.29 bits per heavy atom. The zero-order valence-corrected chi connectivity index (χ0v) is 17.8. The van der Waals surface area contributed by atoms with Gasteiger partial charge in [-0.3, -0.25) is 14.6 Å². The SMILES string of the molecule is Cc1nc(-c2cccnc2)[nH]c(=O)c1CC(=O)Nc1cc(Cl)ccc1N1CCOCC1. The minimum atomic E-state index is -0.346. The van der Waals surface area contributed by atoms with Crippen LogP contribution in [-0.4, -0.2) is 47.2 Å². The normalized spacial score (nSPS) is 13.8. The van der Waals surface area contributed by atoms with E-state index in [0.717, 1.165) is 18.8 Å². The molecule has 0 unspecified atom stereocenters. The van der Waals surface area contributed by atoms with Gasteiger partial charge in [0.05, 0.1) is 31.0 Å². The number of nitrogens with zero attached hydrogens (tertiary/aromatic N) is 3. The predicted octanol–water partition coefficient (Wildman–Crippen LogP) is 2.81. The van der Waals surface area contributed by atoms with Gasteiger partial charge in [0.1, 0.15) is 5.82 Å². The number of ether oxygens (including phenoxy) is 1. The van der Waals surface area contributed by atoms with Crippen LogP contribution in [0.4, 0.5) is 11.4 Å². The van der Waals surface area contributed by atoms with Crippen LogP contribution in [-0.2, 0) is 16.0 Å². The predicted molar refractivity (Wildman–Crippen MR) is 120 cm³/mol. The molecule has 0 saturated carbocycles. The molecule has 3 aromatic rings. The van der Waals surface area contributed by atoms with E-state index in [1.54, 1.807) is 37.5 Å². The number of morpholine rings is 1. The number of hydrogen-bond acceptors (Lipinski definition) is 6. The van der Waals surface area contributed by atoms with E-state index in [-0.39, 0.29) is 17.9 Å². The average molecular weight is 440 g/mol. The molecule has 1 aliphatic heterocycles. The monoisotopic (exact) mass is 439 g/mol. The van der Waals surface area contributed by atoms with Crippen LogP contribution in [0.5, 0.6) is 0 Å². The molecule has 2 N–H and O–H groups in total. The third-order valence-electron chi connectivity index (χ3n) is 5.08. The first-order chi connectivity index (χ1) is 15.0. The van der Waals surface area contributed by atoms with Crippen molar-refractivity contribution in [2.75, 3.05) is 36.5 Å². The van der Waals surface area contributed by atoms with Gasteiger partial charge in [-0.15, -0.1) is 0 Å². The highest BCUT2D eigenvalue weighted by atomic mass is 35.5. The van der Waals surface area contributed by atoms with Crippen LogP contribution in [0.1, 0.15) is 11.3 Å². The molecular formula is C22H22ClN5O3. The van der Waals surface area contributed by atoms with Gasteiger partial charge in [-0.05, 0) is 37.3 Å². The van der Waals surface area contributed by atoms with Crippen molar-refractivity contribution in [3.63, 3.8) is 0 Å². The van der Waals surface area contributed by atoms with E-state index in [1.165, 1.54) is 0 Å². The second kappa shape index (κ2) is 9.28. The molecule has 9 heteroatoms. The van der Waals surface area contributed by atoms with E-state index in [4.69, 9.17) is 16.3 Å². The summed E-state index contributed by atoms with van der Waals surface area (Å²) in [7, 11) is 0. The van der Waals surface area contributed by atoms with Gasteiger partial charge in [0.2, 0.25) is 5.91 Å². The summed E-state index contributed by atoms with van der Waals surface area (Å²) in [5, 5.41) is 3.42. The highest BCUT2D eigenvalue weighted by molar-refractivity contribution is 6.31. The van der Waals surface area contributed by atoms with Gasteiger partial charge in [0.15, 0.2) is 0 Å². The van der Waals surface area contributed by atoms with Crippen LogP contribution in [0.25, 0.3) is 11.4 Å². The Balaban J connectivity index is 1.54. The van der Waals surface area contributed by atoms with Crippen molar-refractivity contribution in [2.45, 2.75) is 13.3 Å². The average Bonchev–Trinajstić information content (AvgIpc) is 2.77. The van der Waals surface area contributed by atoms with Crippen molar-refractivity contribution >= 4 is 28.9 Å². The molecule has 1 saturated heterocycles. The number of benzene rings is 1. The number of anilines is 2. The van der Waals surface area contributed by atoms with Gasteiger partial charge in [-0.2, -0.15) is 0 Å². The number of rotatable bonds is 5.